The third kappa shape index (κ3) is 4.12. The molecule has 1 aromatic heterocycles. The molecule has 2 aromatic carbocycles. The first kappa shape index (κ1) is 22.0. The minimum atomic E-state index is -1.20. The fraction of sp³-hybridized carbons (Fsp3) is 0.308. The smallest absolute Gasteiger partial charge is 0.325 e. The number of benzene rings is 2. The van der Waals surface area contributed by atoms with E-state index in [2.05, 4.69) is 15.2 Å². The Morgan fingerprint density at radius 1 is 0.971 bits per heavy atom. The fourth-order valence-electron chi connectivity index (χ4n) is 4.67. The number of nitrogens with one attached hydrogen (secondary N) is 1. The van der Waals surface area contributed by atoms with E-state index in [9.17, 15) is 14.4 Å². The molecule has 0 aliphatic carbocycles. The van der Waals surface area contributed by atoms with Gasteiger partial charge in [0.1, 0.15) is 12.1 Å². The SMILES string of the molecule is C[C@@]1(c2ccc3ccccc3c2)NC(=O)N(CC(=O)N2CCN(Cc3ccncc3)CC2)C1=O. The first-order valence-electron chi connectivity index (χ1n) is 11.5. The van der Waals surface area contributed by atoms with Crippen LogP contribution in [0.4, 0.5) is 4.79 Å². The maximum absolute atomic E-state index is 13.3. The Hall–Kier alpha value is -3.78. The maximum atomic E-state index is 13.3. The van der Waals surface area contributed by atoms with Crippen molar-refractivity contribution in [3.8, 4) is 0 Å². The Bertz CT molecular complexity index is 1240. The number of aromatic nitrogens is 1. The number of fused-ring (bicyclic) bond motifs is 1. The summed E-state index contributed by atoms with van der Waals surface area (Å²) in [6, 6.07) is 17.0. The molecule has 4 amide bonds. The van der Waals surface area contributed by atoms with Gasteiger partial charge in [0.15, 0.2) is 0 Å². The number of amides is 4. The maximum Gasteiger partial charge on any atom is 0.325 e. The van der Waals surface area contributed by atoms with E-state index in [1.165, 1.54) is 5.56 Å². The highest BCUT2D eigenvalue weighted by atomic mass is 16.2. The second kappa shape index (κ2) is 8.87. The topological polar surface area (TPSA) is 85.8 Å². The van der Waals surface area contributed by atoms with Crippen LogP contribution >= 0.6 is 0 Å². The molecular formula is C26H27N5O3. The zero-order valence-corrected chi connectivity index (χ0v) is 19.1. The molecule has 0 saturated carbocycles. The van der Waals surface area contributed by atoms with Gasteiger partial charge in [-0.25, -0.2) is 4.79 Å². The van der Waals surface area contributed by atoms with Crippen LogP contribution in [0.5, 0.6) is 0 Å². The second-order valence-electron chi connectivity index (χ2n) is 9.02. The lowest BCUT2D eigenvalue weighted by Crippen LogP contribution is -2.51. The monoisotopic (exact) mass is 457 g/mol. The van der Waals surface area contributed by atoms with Crippen LogP contribution in [0.25, 0.3) is 10.8 Å². The van der Waals surface area contributed by atoms with Gasteiger partial charge in [0.05, 0.1) is 0 Å². The molecule has 2 saturated heterocycles. The van der Waals surface area contributed by atoms with Gasteiger partial charge in [-0.3, -0.25) is 24.4 Å². The number of imide groups is 1. The van der Waals surface area contributed by atoms with E-state index in [0.717, 1.165) is 35.3 Å². The largest absolute Gasteiger partial charge is 0.339 e. The first-order chi connectivity index (χ1) is 16.4. The summed E-state index contributed by atoms with van der Waals surface area (Å²) in [5.41, 5.74) is 0.677. The molecule has 2 fully saturated rings. The van der Waals surface area contributed by atoms with E-state index in [1.807, 2.05) is 54.6 Å². The Morgan fingerprint density at radius 3 is 2.41 bits per heavy atom. The van der Waals surface area contributed by atoms with Crippen LogP contribution in [0.2, 0.25) is 0 Å². The Kier molecular flexibility index (Phi) is 5.75. The Morgan fingerprint density at radius 2 is 1.68 bits per heavy atom. The van der Waals surface area contributed by atoms with E-state index >= 15 is 0 Å². The minimum Gasteiger partial charge on any atom is -0.339 e. The average molecular weight is 458 g/mol. The summed E-state index contributed by atoms with van der Waals surface area (Å²) in [5.74, 6) is -0.618. The number of hydrogen-bond acceptors (Lipinski definition) is 5. The molecule has 3 aromatic rings. The lowest BCUT2D eigenvalue weighted by Gasteiger charge is -2.35. The van der Waals surface area contributed by atoms with Crippen LogP contribution in [0, 0.1) is 0 Å². The summed E-state index contributed by atoms with van der Waals surface area (Å²) in [7, 11) is 0. The van der Waals surface area contributed by atoms with Crippen molar-refractivity contribution in [2.75, 3.05) is 32.7 Å². The lowest BCUT2D eigenvalue weighted by atomic mass is 9.90. The third-order valence-electron chi connectivity index (χ3n) is 6.78. The number of pyridine rings is 1. The van der Waals surface area contributed by atoms with Gasteiger partial charge in [-0.1, -0.05) is 36.4 Å². The molecule has 0 unspecified atom stereocenters. The summed E-state index contributed by atoms with van der Waals surface area (Å²) in [4.78, 5) is 48.1. The normalized spacial score (nSPS) is 21.2. The molecule has 0 spiro atoms. The summed E-state index contributed by atoms with van der Waals surface area (Å²) in [6.07, 6.45) is 3.55. The number of piperazine rings is 1. The molecule has 2 aliphatic heterocycles. The third-order valence-corrected chi connectivity index (χ3v) is 6.78. The highest BCUT2D eigenvalue weighted by Crippen LogP contribution is 2.31. The molecule has 8 nitrogen and oxygen atoms in total. The van der Waals surface area contributed by atoms with E-state index in [-0.39, 0.29) is 12.5 Å². The zero-order chi connectivity index (χ0) is 23.7. The molecule has 1 N–H and O–H groups in total. The summed E-state index contributed by atoms with van der Waals surface area (Å²) in [6.45, 7) is 4.86. The first-order valence-corrected chi connectivity index (χ1v) is 11.5. The summed E-state index contributed by atoms with van der Waals surface area (Å²) < 4.78 is 0. The highest BCUT2D eigenvalue weighted by molar-refractivity contribution is 6.09. The van der Waals surface area contributed by atoms with Crippen LogP contribution in [0.3, 0.4) is 0 Å². The minimum absolute atomic E-state index is 0.213. The van der Waals surface area contributed by atoms with Crippen molar-refractivity contribution >= 4 is 28.6 Å². The van der Waals surface area contributed by atoms with Gasteiger partial charge < -0.3 is 10.2 Å². The van der Waals surface area contributed by atoms with Gasteiger partial charge in [0, 0.05) is 45.1 Å². The molecule has 5 rings (SSSR count). The summed E-state index contributed by atoms with van der Waals surface area (Å²) >= 11 is 0. The average Bonchev–Trinajstić information content (AvgIpc) is 3.08. The Labute approximate surface area is 198 Å². The molecule has 2 aliphatic rings. The number of hydrogen-bond donors (Lipinski definition) is 1. The lowest BCUT2D eigenvalue weighted by molar-refractivity contribution is -0.139. The highest BCUT2D eigenvalue weighted by Gasteiger charge is 2.49. The van der Waals surface area contributed by atoms with Crippen LogP contribution in [0.1, 0.15) is 18.1 Å². The standard InChI is InChI=1S/C26H27N5O3/c1-26(22-7-6-20-4-2-3-5-21(20)16-22)24(33)31(25(34)28-26)18-23(32)30-14-12-29(13-15-30)17-19-8-10-27-11-9-19/h2-11,16H,12-15,17-18H2,1H3,(H,28,34)/t26-/m0/s1. The Balaban J connectivity index is 1.23. The molecule has 0 bridgehead atoms. The van der Waals surface area contributed by atoms with Crippen LogP contribution in [-0.2, 0) is 21.7 Å². The fourth-order valence-corrected chi connectivity index (χ4v) is 4.67. The van der Waals surface area contributed by atoms with Crippen LogP contribution in [0.15, 0.2) is 67.0 Å². The van der Waals surface area contributed by atoms with Gasteiger partial charge in [0.25, 0.3) is 5.91 Å². The molecular weight excluding hydrogens is 430 g/mol. The number of carbonyl (C=O) groups is 3. The predicted molar refractivity (Wildman–Crippen MR) is 128 cm³/mol. The van der Waals surface area contributed by atoms with E-state index in [1.54, 1.807) is 24.2 Å². The van der Waals surface area contributed by atoms with E-state index in [0.29, 0.717) is 18.7 Å². The van der Waals surface area contributed by atoms with E-state index < -0.39 is 17.5 Å². The van der Waals surface area contributed by atoms with Crippen molar-refractivity contribution in [2.45, 2.75) is 19.0 Å². The quantitative estimate of drug-likeness (QED) is 0.595. The molecule has 0 radical (unpaired) electrons. The molecule has 34 heavy (non-hydrogen) atoms. The van der Waals surface area contributed by atoms with Crippen LogP contribution < -0.4 is 5.32 Å². The van der Waals surface area contributed by atoms with Gasteiger partial charge in [-0.15, -0.1) is 0 Å². The van der Waals surface area contributed by atoms with Crippen molar-refractivity contribution < 1.29 is 14.4 Å². The zero-order valence-electron chi connectivity index (χ0n) is 19.1. The molecule has 3 heterocycles. The van der Waals surface area contributed by atoms with Gasteiger partial charge in [-0.2, -0.15) is 0 Å². The van der Waals surface area contributed by atoms with Crippen molar-refractivity contribution in [3.05, 3.63) is 78.1 Å². The van der Waals surface area contributed by atoms with Crippen LogP contribution in [-0.4, -0.2) is 70.3 Å². The molecule has 1 atom stereocenters. The van der Waals surface area contributed by atoms with Crippen molar-refractivity contribution in [1.82, 2.24) is 25.0 Å². The van der Waals surface area contributed by atoms with Gasteiger partial charge in [-0.05, 0) is 47.0 Å². The summed E-state index contributed by atoms with van der Waals surface area (Å²) in [5, 5.41) is 4.85. The van der Waals surface area contributed by atoms with Crippen molar-refractivity contribution in [3.63, 3.8) is 0 Å². The predicted octanol–water partition coefficient (Wildman–Crippen LogP) is 2.35. The van der Waals surface area contributed by atoms with Gasteiger partial charge >= 0.3 is 6.03 Å². The van der Waals surface area contributed by atoms with Gasteiger partial charge in [0.2, 0.25) is 5.91 Å². The molecule has 174 valence electrons. The van der Waals surface area contributed by atoms with Crippen molar-refractivity contribution in [2.24, 2.45) is 0 Å². The number of carbonyl (C=O) groups excluding carboxylic acids is 3. The number of rotatable bonds is 5. The number of nitrogens with zero attached hydrogens (tertiary/aromatic N) is 4. The second-order valence-corrected chi connectivity index (χ2v) is 9.02. The molecule has 8 heteroatoms. The van der Waals surface area contributed by atoms with E-state index in [4.69, 9.17) is 0 Å². The van der Waals surface area contributed by atoms with Crippen molar-refractivity contribution in [1.29, 1.82) is 0 Å². The number of urea groups is 1.